The Kier molecular flexibility index (Phi) is 3.97. The monoisotopic (exact) mass is 297 g/mol. The summed E-state index contributed by atoms with van der Waals surface area (Å²) in [5, 5.41) is 0. The minimum absolute atomic E-state index is 0.0719. The molecule has 1 heterocycles. The molecule has 3 heteroatoms. The lowest BCUT2D eigenvalue weighted by molar-refractivity contribution is -0.133. The molecule has 114 valence electrons. The fraction of sp³-hybridized carbons (Fsp3) is 0.316. The normalized spacial score (nSPS) is 17.2. The number of hydrogen-bond acceptors (Lipinski definition) is 1. The van der Waals surface area contributed by atoms with E-state index in [4.69, 9.17) is 0 Å². The molecule has 1 aliphatic rings. The summed E-state index contributed by atoms with van der Waals surface area (Å²) in [6, 6.07) is 12.9. The van der Waals surface area contributed by atoms with Gasteiger partial charge in [-0.1, -0.05) is 35.9 Å². The van der Waals surface area contributed by atoms with Crippen LogP contribution in [0.25, 0.3) is 0 Å². The van der Waals surface area contributed by atoms with Crippen LogP contribution in [0.2, 0.25) is 0 Å². The van der Waals surface area contributed by atoms with Crippen LogP contribution in [0, 0.1) is 12.7 Å². The van der Waals surface area contributed by atoms with Gasteiger partial charge >= 0.3 is 0 Å². The third kappa shape index (κ3) is 2.89. The number of rotatable bonds is 2. The lowest BCUT2D eigenvalue weighted by atomic mass is 9.93. The smallest absolute Gasteiger partial charge is 0.227 e. The van der Waals surface area contributed by atoms with E-state index in [0.717, 1.165) is 23.1 Å². The van der Waals surface area contributed by atoms with Crippen molar-refractivity contribution in [3.05, 3.63) is 70.5 Å². The van der Waals surface area contributed by atoms with Crippen LogP contribution in [0.3, 0.4) is 0 Å². The quantitative estimate of drug-likeness (QED) is 0.825. The summed E-state index contributed by atoms with van der Waals surface area (Å²) in [7, 11) is 0. The van der Waals surface area contributed by atoms with Crippen molar-refractivity contribution in [1.29, 1.82) is 0 Å². The van der Waals surface area contributed by atoms with Gasteiger partial charge in [0.2, 0.25) is 5.91 Å². The maximum absolute atomic E-state index is 13.5. The summed E-state index contributed by atoms with van der Waals surface area (Å²) in [6.07, 6.45) is 1.19. The van der Waals surface area contributed by atoms with Crippen LogP contribution >= 0.6 is 0 Å². The molecule has 2 aromatic carbocycles. The molecule has 2 nitrogen and oxygen atoms in total. The van der Waals surface area contributed by atoms with Crippen molar-refractivity contribution in [2.75, 3.05) is 6.54 Å². The average Bonchev–Trinajstić information content (AvgIpc) is 2.50. The second kappa shape index (κ2) is 5.91. The first-order valence-corrected chi connectivity index (χ1v) is 7.68. The van der Waals surface area contributed by atoms with Gasteiger partial charge in [0.05, 0.1) is 12.5 Å². The number of benzene rings is 2. The number of aryl methyl sites for hydroxylation is 1. The molecule has 0 spiro atoms. The standard InChI is InChI=1S/C19H20FNO/c1-13-3-5-15(6-4-13)11-19(22)21-10-9-16-7-8-17(20)12-18(16)14(21)2/h3-8,12,14H,9-11H2,1-2H3. The Balaban J connectivity index is 1.78. The van der Waals surface area contributed by atoms with E-state index in [2.05, 4.69) is 0 Å². The zero-order chi connectivity index (χ0) is 15.7. The van der Waals surface area contributed by atoms with Gasteiger partial charge in [-0.3, -0.25) is 4.79 Å². The highest BCUT2D eigenvalue weighted by Crippen LogP contribution is 2.30. The predicted molar refractivity (Wildman–Crippen MR) is 85.1 cm³/mol. The van der Waals surface area contributed by atoms with Crippen molar-refractivity contribution in [2.24, 2.45) is 0 Å². The molecule has 1 aliphatic heterocycles. The highest BCUT2D eigenvalue weighted by atomic mass is 19.1. The molecule has 0 N–H and O–H groups in total. The summed E-state index contributed by atoms with van der Waals surface area (Å²) in [5.74, 6) is -0.135. The lowest BCUT2D eigenvalue weighted by Crippen LogP contribution is -2.39. The van der Waals surface area contributed by atoms with Crippen molar-refractivity contribution in [3.63, 3.8) is 0 Å². The van der Waals surface area contributed by atoms with Gasteiger partial charge in [-0.15, -0.1) is 0 Å². The van der Waals surface area contributed by atoms with E-state index in [1.807, 2.05) is 49.1 Å². The maximum Gasteiger partial charge on any atom is 0.227 e. The number of carbonyl (C=O) groups is 1. The summed E-state index contributed by atoms with van der Waals surface area (Å²) in [6.45, 7) is 4.71. The van der Waals surface area contributed by atoms with Crippen molar-refractivity contribution >= 4 is 5.91 Å². The van der Waals surface area contributed by atoms with Gasteiger partial charge in [-0.25, -0.2) is 4.39 Å². The average molecular weight is 297 g/mol. The molecule has 0 saturated carbocycles. The van der Waals surface area contributed by atoms with Gasteiger partial charge in [-0.2, -0.15) is 0 Å². The number of amides is 1. The van der Waals surface area contributed by atoms with Crippen molar-refractivity contribution in [1.82, 2.24) is 4.90 Å². The molecule has 1 unspecified atom stereocenters. The van der Waals surface area contributed by atoms with Crippen molar-refractivity contribution < 1.29 is 9.18 Å². The van der Waals surface area contributed by atoms with E-state index in [9.17, 15) is 9.18 Å². The van der Waals surface area contributed by atoms with Gasteiger partial charge in [0.1, 0.15) is 5.82 Å². The Hall–Kier alpha value is -2.16. The van der Waals surface area contributed by atoms with Gasteiger partial charge in [0.15, 0.2) is 0 Å². The third-order valence-electron chi connectivity index (χ3n) is 4.44. The Morgan fingerprint density at radius 1 is 1.23 bits per heavy atom. The number of carbonyl (C=O) groups excluding carboxylic acids is 1. The van der Waals surface area contributed by atoms with Crippen LogP contribution in [0.15, 0.2) is 42.5 Å². The molecule has 3 rings (SSSR count). The second-order valence-electron chi connectivity index (χ2n) is 6.02. The fourth-order valence-corrected chi connectivity index (χ4v) is 3.11. The topological polar surface area (TPSA) is 20.3 Å². The second-order valence-corrected chi connectivity index (χ2v) is 6.02. The predicted octanol–water partition coefficient (Wildman–Crippen LogP) is 3.82. The van der Waals surface area contributed by atoms with Gasteiger partial charge in [0, 0.05) is 6.54 Å². The number of fused-ring (bicyclic) bond motifs is 1. The number of halogens is 1. The molecular formula is C19H20FNO. The summed E-state index contributed by atoms with van der Waals surface area (Å²) >= 11 is 0. The number of hydrogen-bond donors (Lipinski definition) is 0. The SMILES string of the molecule is Cc1ccc(CC(=O)N2CCc3ccc(F)cc3C2C)cc1. The number of nitrogens with zero attached hydrogens (tertiary/aromatic N) is 1. The van der Waals surface area contributed by atoms with Crippen molar-refractivity contribution in [2.45, 2.75) is 32.7 Å². The largest absolute Gasteiger partial charge is 0.335 e. The lowest BCUT2D eigenvalue weighted by Gasteiger charge is -2.35. The molecule has 1 amide bonds. The fourth-order valence-electron chi connectivity index (χ4n) is 3.11. The summed E-state index contributed by atoms with van der Waals surface area (Å²) < 4.78 is 13.5. The van der Waals surface area contributed by atoms with Gasteiger partial charge < -0.3 is 4.90 Å². The molecule has 0 saturated heterocycles. The molecule has 2 aromatic rings. The Morgan fingerprint density at radius 3 is 2.68 bits per heavy atom. The maximum atomic E-state index is 13.5. The Labute approximate surface area is 130 Å². The van der Waals surface area contributed by atoms with E-state index in [0.29, 0.717) is 13.0 Å². The highest BCUT2D eigenvalue weighted by molar-refractivity contribution is 5.79. The highest BCUT2D eigenvalue weighted by Gasteiger charge is 2.27. The molecule has 0 radical (unpaired) electrons. The molecule has 0 aliphatic carbocycles. The Bertz CT molecular complexity index is 693. The van der Waals surface area contributed by atoms with E-state index < -0.39 is 0 Å². The minimum atomic E-state index is -0.238. The Morgan fingerprint density at radius 2 is 1.95 bits per heavy atom. The van der Waals surface area contributed by atoms with Crippen LogP contribution in [-0.2, 0) is 17.6 Å². The summed E-state index contributed by atoms with van der Waals surface area (Å²) in [5.41, 5.74) is 4.29. The zero-order valence-electron chi connectivity index (χ0n) is 13.0. The zero-order valence-corrected chi connectivity index (χ0v) is 13.0. The molecular weight excluding hydrogens is 277 g/mol. The molecule has 0 bridgehead atoms. The summed E-state index contributed by atoms with van der Waals surface area (Å²) in [4.78, 5) is 14.5. The first kappa shape index (κ1) is 14.8. The first-order valence-electron chi connectivity index (χ1n) is 7.68. The van der Waals surface area contributed by atoms with E-state index >= 15 is 0 Å². The van der Waals surface area contributed by atoms with E-state index in [1.54, 1.807) is 6.07 Å². The first-order chi connectivity index (χ1) is 10.5. The molecule has 0 fully saturated rings. The molecule has 22 heavy (non-hydrogen) atoms. The van der Waals surface area contributed by atoms with Crippen LogP contribution in [0.4, 0.5) is 4.39 Å². The van der Waals surface area contributed by atoms with Crippen molar-refractivity contribution in [3.8, 4) is 0 Å². The van der Waals surface area contributed by atoms with Gasteiger partial charge in [0.25, 0.3) is 0 Å². The van der Waals surface area contributed by atoms with E-state index in [1.165, 1.54) is 11.6 Å². The van der Waals surface area contributed by atoms with Crippen LogP contribution in [0.5, 0.6) is 0 Å². The molecule has 1 atom stereocenters. The van der Waals surface area contributed by atoms with Gasteiger partial charge in [-0.05, 0) is 49.1 Å². The third-order valence-corrected chi connectivity index (χ3v) is 4.44. The van der Waals surface area contributed by atoms with E-state index in [-0.39, 0.29) is 17.8 Å². The van der Waals surface area contributed by atoms with Crippen LogP contribution < -0.4 is 0 Å². The molecule has 0 aromatic heterocycles. The van der Waals surface area contributed by atoms with Crippen LogP contribution in [-0.4, -0.2) is 17.4 Å². The minimum Gasteiger partial charge on any atom is -0.335 e. The van der Waals surface area contributed by atoms with Crippen LogP contribution in [0.1, 0.15) is 35.2 Å².